The summed E-state index contributed by atoms with van der Waals surface area (Å²) in [6.45, 7) is 0. The molecule has 2 nitrogen and oxygen atoms in total. The fourth-order valence-corrected chi connectivity index (χ4v) is 3.83. The predicted molar refractivity (Wildman–Crippen MR) is 108 cm³/mol. The molecular formula is C25H26FeO2+2. The summed E-state index contributed by atoms with van der Waals surface area (Å²) < 4.78 is 0. The van der Waals surface area contributed by atoms with Gasteiger partial charge in [0, 0.05) is 30.6 Å². The second-order valence-electron chi connectivity index (χ2n) is 7.10. The zero-order valence-electron chi connectivity index (χ0n) is 15.9. The summed E-state index contributed by atoms with van der Waals surface area (Å²) in [7, 11) is 0. The van der Waals surface area contributed by atoms with Gasteiger partial charge in [0.15, 0.2) is 0 Å². The van der Waals surface area contributed by atoms with E-state index in [1.165, 1.54) is 0 Å². The molecule has 3 aliphatic carbocycles. The molecule has 0 amide bonds. The van der Waals surface area contributed by atoms with Crippen LogP contribution in [0.2, 0.25) is 0 Å². The van der Waals surface area contributed by atoms with Crippen LogP contribution in [0.5, 0.6) is 0 Å². The van der Waals surface area contributed by atoms with E-state index in [4.69, 9.17) is 0 Å². The van der Waals surface area contributed by atoms with Gasteiger partial charge in [-0.2, -0.15) is 0 Å². The average Bonchev–Trinajstić information content (AvgIpc) is 3.44. The Kier molecular flexibility index (Phi) is 10.5. The van der Waals surface area contributed by atoms with Crippen LogP contribution in [0.25, 0.3) is 0 Å². The Labute approximate surface area is 181 Å². The number of carbonyl (C=O) groups excluding carboxylic acids is 2. The molecule has 1 aromatic carbocycles. The summed E-state index contributed by atoms with van der Waals surface area (Å²) in [5.41, 5.74) is 1.11. The molecule has 3 heteroatoms. The number of carbonyl (C=O) groups is 2. The molecule has 0 aromatic heterocycles. The first-order valence-corrected chi connectivity index (χ1v) is 9.75. The first-order chi connectivity index (χ1) is 13.3. The van der Waals surface area contributed by atoms with E-state index >= 15 is 0 Å². The first kappa shape index (κ1) is 23.4. The second kappa shape index (κ2) is 12.6. The molecule has 10 radical (unpaired) electrons. The molecule has 1 aromatic rings. The maximum atomic E-state index is 12.5. The van der Waals surface area contributed by atoms with E-state index in [0.29, 0.717) is 18.6 Å². The zero-order chi connectivity index (χ0) is 18.9. The van der Waals surface area contributed by atoms with Crippen LogP contribution in [0.1, 0.15) is 43.6 Å². The van der Waals surface area contributed by atoms with E-state index in [2.05, 4.69) is 0 Å². The quantitative estimate of drug-likeness (QED) is 0.642. The van der Waals surface area contributed by atoms with Crippen molar-refractivity contribution in [1.82, 2.24) is 0 Å². The summed E-state index contributed by atoms with van der Waals surface area (Å²) >= 11 is 0. The van der Waals surface area contributed by atoms with Crippen molar-refractivity contribution in [2.75, 3.05) is 0 Å². The molecule has 0 saturated heterocycles. The molecule has 2 unspecified atom stereocenters. The summed E-state index contributed by atoms with van der Waals surface area (Å²) in [5, 5.41) is 0. The van der Waals surface area contributed by atoms with Crippen LogP contribution in [0.3, 0.4) is 0 Å². The van der Waals surface area contributed by atoms with E-state index in [1.54, 1.807) is 0 Å². The second-order valence-corrected chi connectivity index (χ2v) is 7.10. The minimum absolute atomic E-state index is 0. The van der Waals surface area contributed by atoms with Gasteiger partial charge in [0.25, 0.3) is 0 Å². The molecule has 144 valence electrons. The van der Waals surface area contributed by atoms with Crippen molar-refractivity contribution >= 4 is 11.6 Å². The van der Waals surface area contributed by atoms with Gasteiger partial charge in [-0.15, -0.1) is 0 Å². The third kappa shape index (κ3) is 6.85. The molecule has 3 saturated carbocycles. The summed E-state index contributed by atoms with van der Waals surface area (Å²) in [4.78, 5) is 24.9. The standard InChI is InChI=1S/C20H21O2.C5H5.Fe/c21-19-13-7-6-12-17(19)18(15-8-2-1-3-9-15)14-20(22)16-10-4-5-11-16;1-2-4-5-3-1;/h1-5,8-11,17-18H,6-7,12-14H2;1-5H;/q;;+2. The maximum Gasteiger partial charge on any atom is 2.00 e. The van der Waals surface area contributed by atoms with Gasteiger partial charge >= 0.3 is 17.1 Å². The number of hydrogen-bond acceptors (Lipinski definition) is 2. The molecule has 4 rings (SSSR count). The van der Waals surface area contributed by atoms with E-state index < -0.39 is 0 Å². The van der Waals surface area contributed by atoms with Crippen molar-refractivity contribution in [1.29, 1.82) is 0 Å². The Morgan fingerprint density at radius 3 is 2.07 bits per heavy atom. The van der Waals surface area contributed by atoms with Gasteiger partial charge in [-0.1, -0.05) is 36.8 Å². The minimum atomic E-state index is -0.00457. The SMILES string of the molecule is O=C(CC(c1ccccc1)C1CCCCC1=O)[C]1[CH][CH][CH][CH]1.[CH]1[CH][CH][CH][CH]1.[Fe+2]. The number of hydrogen-bond donors (Lipinski definition) is 0. The van der Waals surface area contributed by atoms with Gasteiger partial charge in [-0.3, -0.25) is 9.59 Å². The Morgan fingerprint density at radius 1 is 0.893 bits per heavy atom. The van der Waals surface area contributed by atoms with Crippen molar-refractivity contribution in [3.8, 4) is 0 Å². The fourth-order valence-electron chi connectivity index (χ4n) is 3.83. The average molecular weight is 414 g/mol. The van der Waals surface area contributed by atoms with Crippen LogP contribution in [0, 0.1) is 69.6 Å². The number of rotatable bonds is 5. The molecule has 2 atom stereocenters. The van der Waals surface area contributed by atoms with Crippen LogP contribution in [0.4, 0.5) is 0 Å². The molecule has 0 N–H and O–H groups in total. The molecule has 3 aliphatic rings. The van der Waals surface area contributed by atoms with Crippen molar-refractivity contribution in [2.45, 2.75) is 38.0 Å². The Bertz CT molecular complexity index is 580. The third-order valence-corrected chi connectivity index (χ3v) is 5.26. The van der Waals surface area contributed by atoms with E-state index in [-0.39, 0.29) is 34.7 Å². The number of ketones is 2. The molecule has 0 spiro atoms. The topological polar surface area (TPSA) is 34.1 Å². The van der Waals surface area contributed by atoms with Crippen LogP contribution in [-0.2, 0) is 26.7 Å². The first-order valence-electron chi connectivity index (χ1n) is 9.75. The van der Waals surface area contributed by atoms with Crippen LogP contribution < -0.4 is 0 Å². The van der Waals surface area contributed by atoms with Crippen LogP contribution >= 0.6 is 0 Å². The van der Waals surface area contributed by atoms with Gasteiger partial charge in [-0.05, 0) is 76.2 Å². The van der Waals surface area contributed by atoms with Crippen molar-refractivity contribution in [3.63, 3.8) is 0 Å². The van der Waals surface area contributed by atoms with Crippen LogP contribution in [-0.4, -0.2) is 11.6 Å². The Balaban J connectivity index is 0.000000408. The van der Waals surface area contributed by atoms with Gasteiger partial charge in [0.1, 0.15) is 11.6 Å². The number of Topliss-reactive ketones (excluding diaryl/α,β-unsaturated/α-hetero) is 2. The predicted octanol–water partition coefficient (Wildman–Crippen LogP) is 4.91. The monoisotopic (exact) mass is 414 g/mol. The van der Waals surface area contributed by atoms with Crippen LogP contribution in [0.15, 0.2) is 30.3 Å². The van der Waals surface area contributed by atoms with Crippen molar-refractivity contribution in [2.24, 2.45) is 5.92 Å². The summed E-state index contributed by atoms with van der Waals surface area (Å²) in [6, 6.07) is 10.0. The van der Waals surface area contributed by atoms with E-state index in [1.807, 2.05) is 88.1 Å². The molecule has 3 fully saturated rings. The zero-order valence-corrected chi connectivity index (χ0v) is 17.0. The molecule has 0 heterocycles. The van der Waals surface area contributed by atoms with Gasteiger partial charge < -0.3 is 0 Å². The normalized spacial score (nSPS) is 23.4. The van der Waals surface area contributed by atoms with Gasteiger partial charge in [0.2, 0.25) is 0 Å². The maximum absolute atomic E-state index is 12.5. The molecular weight excluding hydrogens is 388 g/mol. The molecule has 28 heavy (non-hydrogen) atoms. The van der Waals surface area contributed by atoms with Crippen molar-refractivity contribution in [3.05, 3.63) is 99.6 Å². The van der Waals surface area contributed by atoms with Gasteiger partial charge in [-0.25, -0.2) is 0 Å². The van der Waals surface area contributed by atoms with Crippen molar-refractivity contribution < 1.29 is 26.7 Å². The fraction of sp³-hybridized carbons (Fsp3) is 0.280. The van der Waals surface area contributed by atoms with E-state index in [9.17, 15) is 9.59 Å². The Hall–Kier alpha value is -0.921. The molecule has 0 aliphatic heterocycles. The largest absolute Gasteiger partial charge is 2.00 e. The Morgan fingerprint density at radius 2 is 1.50 bits per heavy atom. The molecule has 0 bridgehead atoms. The minimum Gasteiger partial charge on any atom is -0.299 e. The summed E-state index contributed by atoms with van der Waals surface area (Å²) in [6.07, 6.45) is 21.6. The number of benzene rings is 1. The third-order valence-electron chi connectivity index (χ3n) is 5.26. The summed E-state index contributed by atoms with van der Waals surface area (Å²) in [5.74, 6) is 1.23. The van der Waals surface area contributed by atoms with E-state index in [0.717, 1.165) is 30.7 Å². The smallest absolute Gasteiger partial charge is 0.299 e. The van der Waals surface area contributed by atoms with Gasteiger partial charge in [0.05, 0.1) is 0 Å².